The van der Waals surface area contributed by atoms with E-state index in [1.54, 1.807) is 0 Å². The third kappa shape index (κ3) is 2.24. The number of hydrogen-bond donors (Lipinski definition) is 0. The van der Waals surface area contributed by atoms with Crippen molar-refractivity contribution in [3.05, 3.63) is 70.7 Å². The van der Waals surface area contributed by atoms with E-state index < -0.39 is 0 Å². The van der Waals surface area contributed by atoms with E-state index >= 15 is 0 Å². The first-order valence-corrected chi connectivity index (χ1v) is 6.24. The fraction of sp³-hybridized carbons (Fsp3) is 0.133. The fourth-order valence-electron chi connectivity index (χ4n) is 2.04. The van der Waals surface area contributed by atoms with Crippen molar-refractivity contribution in [2.45, 2.75) is 12.5 Å². The first-order chi connectivity index (χ1) is 8.83. The maximum atomic E-state index is 5.87. The van der Waals surface area contributed by atoms with E-state index in [1.165, 1.54) is 0 Å². The zero-order valence-electron chi connectivity index (χ0n) is 9.71. The predicted molar refractivity (Wildman–Crippen MR) is 72.9 cm³/mol. The van der Waals surface area contributed by atoms with Crippen LogP contribution in [0.3, 0.4) is 0 Å². The second kappa shape index (κ2) is 4.83. The highest BCUT2D eigenvalue weighted by molar-refractivity contribution is 6.30. The summed E-state index contributed by atoms with van der Waals surface area (Å²) in [6, 6.07) is 17.8. The zero-order valence-corrected chi connectivity index (χ0v) is 10.5. The molecule has 2 aromatic carbocycles. The van der Waals surface area contributed by atoms with Crippen LogP contribution >= 0.6 is 11.6 Å². The Bertz CT molecular complexity index is 563. The van der Waals surface area contributed by atoms with Crippen LogP contribution in [0.4, 0.5) is 0 Å². The van der Waals surface area contributed by atoms with Gasteiger partial charge in [-0.3, -0.25) is 0 Å². The summed E-state index contributed by atoms with van der Waals surface area (Å²) in [5.41, 5.74) is 3.20. The van der Waals surface area contributed by atoms with Gasteiger partial charge in [0, 0.05) is 11.4 Å². The van der Waals surface area contributed by atoms with Gasteiger partial charge in [-0.15, -0.1) is 0 Å². The van der Waals surface area contributed by atoms with Crippen molar-refractivity contribution < 1.29 is 4.84 Å². The minimum atomic E-state index is 0.0249. The van der Waals surface area contributed by atoms with Crippen LogP contribution in [0, 0.1) is 0 Å². The first kappa shape index (κ1) is 11.3. The molecule has 0 aromatic heterocycles. The summed E-state index contributed by atoms with van der Waals surface area (Å²) in [7, 11) is 0. The Labute approximate surface area is 111 Å². The summed E-state index contributed by atoms with van der Waals surface area (Å²) in [4.78, 5) is 5.49. The highest BCUT2D eigenvalue weighted by Gasteiger charge is 2.23. The summed E-state index contributed by atoms with van der Waals surface area (Å²) in [6.07, 6.45) is 0.822. The van der Waals surface area contributed by atoms with Crippen LogP contribution < -0.4 is 0 Å². The van der Waals surface area contributed by atoms with Crippen molar-refractivity contribution in [3.63, 3.8) is 0 Å². The number of benzene rings is 2. The molecular formula is C15H12ClNO. The lowest BCUT2D eigenvalue weighted by Gasteiger charge is -2.07. The van der Waals surface area contributed by atoms with Gasteiger partial charge in [-0.05, 0) is 23.3 Å². The molecule has 3 heteroatoms. The molecule has 90 valence electrons. The molecule has 0 unspecified atom stereocenters. The summed E-state index contributed by atoms with van der Waals surface area (Å²) in [6.45, 7) is 0. The molecular weight excluding hydrogens is 246 g/mol. The molecule has 18 heavy (non-hydrogen) atoms. The molecule has 0 fully saturated rings. The Morgan fingerprint density at radius 2 is 1.72 bits per heavy atom. The van der Waals surface area contributed by atoms with Gasteiger partial charge < -0.3 is 4.84 Å². The van der Waals surface area contributed by atoms with E-state index in [-0.39, 0.29) is 6.10 Å². The lowest BCUT2D eigenvalue weighted by Crippen LogP contribution is -2.01. The van der Waals surface area contributed by atoms with Crippen molar-refractivity contribution in [1.82, 2.24) is 0 Å². The molecule has 2 aromatic rings. The number of nitrogens with zero attached hydrogens (tertiary/aromatic N) is 1. The molecule has 1 aliphatic heterocycles. The quantitative estimate of drug-likeness (QED) is 0.790. The summed E-state index contributed by atoms with van der Waals surface area (Å²) < 4.78 is 0. The summed E-state index contributed by atoms with van der Waals surface area (Å²) in [5, 5.41) is 4.90. The molecule has 1 heterocycles. The normalized spacial score (nSPS) is 18.3. The Morgan fingerprint density at radius 1 is 1.00 bits per heavy atom. The Kier molecular flexibility index (Phi) is 3.03. The molecule has 3 rings (SSSR count). The molecule has 0 saturated heterocycles. The predicted octanol–water partition coefficient (Wildman–Crippen LogP) is 4.21. The van der Waals surface area contributed by atoms with Gasteiger partial charge in [-0.1, -0.05) is 59.2 Å². The summed E-state index contributed by atoms with van der Waals surface area (Å²) in [5.74, 6) is 0. The molecule has 0 bridgehead atoms. The number of oxime groups is 1. The van der Waals surface area contributed by atoms with Gasteiger partial charge in [0.2, 0.25) is 0 Å². The van der Waals surface area contributed by atoms with Crippen molar-refractivity contribution in [2.75, 3.05) is 0 Å². The van der Waals surface area contributed by atoms with Crippen LogP contribution in [0.15, 0.2) is 59.8 Å². The monoisotopic (exact) mass is 257 g/mol. The van der Waals surface area contributed by atoms with Gasteiger partial charge in [-0.25, -0.2) is 0 Å². The van der Waals surface area contributed by atoms with Crippen LogP contribution in [-0.4, -0.2) is 5.71 Å². The number of halogens is 1. The second-order valence-corrected chi connectivity index (χ2v) is 4.69. The number of hydrogen-bond acceptors (Lipinski definition) is 2. The Balaban J connectivity index is 1.77. The maximum Gasteiger partial charge on any atom is 0.158 e. The van der Waals surface area contributed by atoms with E-state index in [4.69, 9.17) is 16.4 Å². The van der Waals surface area contributed by atoms with E-state index in [1.807, 2.05) is 42.5 Å². The van der Waals surface area contributed by atoms with Crippen LogP contribution in [0.5, 0.6) is 0 Å². The zero-order chi connectivity index (χ0) is 12.4. The third-order valence-electron chi connectivity index (χ3n) is 3.02. The second-order valence-electron chi connectivity index (χ2n) is 4.25. The SMILES string of the molecule is Clc1ccc(C2=NO[C@@H](c3ccccc3)C2)cc1. The molecule has 0 amide bonds. The Hall–Kier alpha value is -1.80. The average Bonchev–Trinajstić information content (AvgIpc) is 2.90. The molecule has 0 spiro atoms. The third-order valence-corrected chi connectivity index (χ3v) is 3.27. The molecule has 1 aliphatic rings. The van der Waals surface area contributed by atoms with Gasteiger partial charge in [0.25, 0.3) is 0 Å². The Morgan fingerprint density at radius 3 is 2.44 bits per heavy atom. The summed E-state index contributed by atoms with van der Waals surface area (Å²) >= 11 is 5.87. The van der Waals surface area contributed by atoms with Crippen LogP contribution in [0.25, 0.3) is 0 Å². The van der Waals surface area contributed by atoms with Crippen LogP contribution in [0.1, 0.15) is 23.7 Å². The highest BCUT2D eigenvalue weighted by atomic mass is 35.5. The molecule has 2 nitrogen and oxygen atoms in total. The molecule has 1 atom stereocenters. The minimum absolute atomic E-state index is 0.0249. The van der Waals surface area contributed by atoms with E-state index in [0.29, 0.717) is 0 Å². The lowest BCUT2D eigenvalue weighted by molar-refractivity contribution is 0.0857. The van der Waals surface area contributed by atoms with E-state index in [0.717, 1.165) is 28.3 Å². The largest absolute Gasteiger partial charge is 0.387 e. The van der Waals surface area contributed by atoms with Crippen molar-refractivity contribution in [2.24, 2.45) is 5.16 Å². The average molecular weight is 258 g/mol. The lowest BCUT2D eigenvalue weighted by atomic mass is 10.0. The van der Waals surface area contributed by atoms with Crippen molar-refractivity contribution in [1.29, 1.82) is 0 Å². The van der Waals surface area contributed by atoms with Crippen LogP contribution in [-0.2, 0) is 4.84 Å². The van der Waals surface area contributed by atoms with Gasteiger partial charge in [0.1, 0.15) is 0 Å². The topological polar surface area (TPSA) is 21.6 Å². The standard InChI is InChI=1S/C15H12ClNO/c16-13-8-6-11(7-9-13)14-10-15(18-17-14)12-4-2-1-3-5-12/h1-9,15H,10H2/t15-/m1/s1. The van der Waals surface area contributed by atoms with Crippen molar-refractivity contribution in [3.8, 4) is 0 Å². The molecule has 0 radical (unpaired) electrons. The molecule has 0 aliphatic carbocycles. The van der Waals surface area contributed by atoms with E-state index in [2.05, 4.69) is 17.3 Å². The van der Waals surface area contributed by atoms with Gasteiger partial charge in [0.05, 0.1) is 5.71 Å². The number of rotatable bonds is 2. The van der Waals surface area contributed by atoms with Gasteiger partial charge in [-0.2, -0.15) is 0 Å². The van der Waals surface area contributed by atoms with Gasteiger partial charge >= 0.3 is 0 Å². The minimum Gasteiger partial charge on any atom is -0.387 e. The molecule has 0 saturated carbocycles. The smallest absolute Gasteiger partial charge is 0.158 e. The fourth-order valence-corrected chi connectivity index (χ4v) is 2.16. The first-order valence-electron chi connectivity index (χ1n) is 5.86. The van der Waals surface area contributed by atoms with Crippen molar-refractivity contribution >= 4 is 17.3 Å². The van der Waals surface area contributed by atoms with Crippen LogP contribution in [0.2, 0.25) is 5.02 Å². The molecule has 0 N–H and O–H groups in total. The van der Waals surface area contributed by atoms with Gasteiger partial charge in [0.15, 0.2) is 6.10 Å². The highest BCUT2D eigenvalue weighted by Crippen LogP contribution is 2.29. The van der Waals surface area contributed by atoms with E-state index in [9.17, 15) is 0 Å². The maximum absolute atomic E-state index is 5.87.